The van der Waals surface area contributed by atoms with Gasteiger partial charge < -0.3 is 19.9 Å². The molecule has 1 fully saturated rings. The molecule has 0 bridgehead atoms. The molecule has 1 unspecified atom stereocenters. The molecule has 1 saturated heterocycles. The number of carbonyl (C=O) groups excluding carboxylic acids is 1. The van der Waals surface area contributed by atoms with Gasteiger partial charge in [0.1, 0.15) is 0 Å². The van der Waals surface area contributed by atoms with Gasteiger partial charge in [-0.05, 0) is 69.7 Å². The Morgan fingerprint density at radius 2 is 1.97 bits per heavy atom. The number of amides is 1. The van der Waals surface area contributed by atoms with Crippen molar-refractivity contribution in [1.82, 2.24) is 25.3 Å². The molecule has 2 aromatic carbocycles. The van der Waals surface area contributed by atoms with Crippen molar-refractivity contribution in [2.24, 2.45) is 0 Å². The molecule has 36 heavy (non-hydrogen) atoms. The summed E-state index contributed by atoms with van der Waals surface area (Å²) in [5.41, 5.74) is 5.30. The molecule has 3 aromatic rings. The van der Waals surface area contributed by atoms with Crippen LogP contribution in [-0.2, 0) is 11.3 Å². The summed E-state index contributed by atoms with van der Waals surface area (Å²) in [4.78, 5) is 17.1. The minimum atomic E-state index is -0.0230. The highest BCUT2D eigenvalue weighted by atomic mass is 16.5. The van der Waals surface area contributed by atoms with E-state index in [2.05, 4.69) is 37.4 Å². The number of benzene rings is 2. The van der Waals surface area contributed by atoms with E-state index in [1.807, 2.05) is 62.8 Å². The summed E-state index contributed by atoms with van der Waals surface area (Å²) in [6.45, 7) is 6.07. The van der Waals surface area contributed by atoms with Crippen LogP contribution in [0.5, 0.6) is 0 Å². The fourth-order valence-corrected chi connectivity index (χ4v) is 4.79. The SMILES string of the molecule is CN(C)CCCNC(=O)c1ccc(-c2cn[nH]c2C2CCCN(CCOCc3ccccc3)C2)cc1. The summed E-state index contributed by atoms with van der Waals surface area (Å²) in [5.74, 6) is 0.384. The van der Waals surface area contributed by atoms with Gasteiger partial charge in [-0.15, -0.1) is 0 Å². The number of hydrogen-bond donors (Lipinski definition) is 2. The first kappa shape index (κ1) is 26.1. The molecule has 4 rings (SSSR count). The lowest BCUT2D eigenvalue weighted by Crippen LogP contribution is -2.36. The lowest BCUT2D eigenvalue weighted by Gasteiger charge is -2.32. The Balaban J connectivity index is 1.29. The van der Waals surface area contributed by atoms with E-state index in [0.717, 1.165) is 63.2 Å². The van der Waals surface area contributed by atoms with Gasteiger partial charge >= 0.3 is 0 Å². The van der Waals surface area contributed by atoms with Crippen LogP contribution in [0.15, 0.2) is 60.8 Å². The van der Waals surface area contributed by atoms with Crippen LogP contribution in [-0.4, -0.2) is 79.3 Å². The van der Waals surface area contributed by atoms with Crippen LogP contribution >= 0.6 is 0 Å². The Morgan fingerprint density at radius 1 is 1.17 bits per heavy atom. The number of rotatable bonds is 12. The van der Waals surface area contributed by atoms with Crippen molar-refractivity contribution in [3.8, 4) is 11.1 Å². The number of hydrogen-bond acceptors (Lipinski definition) is 5. The monoisotopic (exact) mass is 489 g/mol. The van der Waals surface area contributed by atoms with Crippen LogP contribution in [0.3, 0.4) is 0 Å². The molecule has 1 atom stereocenters. The topological polar surface area (TPSA) is 73.5 Å². The number of H-pyrrole nitrogens is 1. The third kappa shape index (κ3) is 7.50. The largest absolute Gasteiger partial charge is 0.375 e. The summed E-state index contributed by atoms with van der Waals surface area (Å²) in [7, 11) is 4.08. The van der Waals surface area contributed by atoms with Gasteiger partial charge in [-0.25, -0.2) is 0 Å². The Kier molecular flexibility index (Phi) is 9.67. The van der Waals surface area contributed by atoms with Crippen molar-refractivity contribution < 1.29 is 9.53 Å². The van der Waals surface area contributed by atoms with Crippen LogP contribution < -0.4 is 5.32 Å². The van der Waals surface area contributed by atoms with Gasteiger partial charge in [0, 0.05) is 42.4 Å². The lowest BCUT2D eigenvalue weighted by atomic mass is 9.90. The van der Waals surface area contributed by atoms with Crippen LogP contribution in [0.2, 0.25) is 0 Å². The van der Waals surface area contributed by atoms with Crippen LogP contribution in [0.4, 0.5) is 0 Å². The molecule has 2 heterocycles. The predicted octanol–water partition coefficient (Wildman–Crippen LogP) is 4.15. The van der Waals surface area contributed by atoms with Gasteiger partial charge in [-0.2, -0.15) is 5.10 Å². The van der Waals surface area contributed by atoms with Crippen molar-refractivity contribution in [2.45, 2.75) is 31.8 Å². The Hall–Kier alpha value is -3.00. The number of aromatic amines is 1. The van der Waals surface area contributed by atoms with Gasteiger partial charge in [-0.3, -0.25) is 9.89 Å². The predicted molar refractivity (Wildman–Crippen MR) is 144 cm³/mol. The number of aromatic nitrogens is 2. The summed E-state index contributed by atoms with van der Waals surface area (Å²) in [6, 6.07) is 18.2. The van der Waals surface area contributed by atoms with Gasteiger partial charge in [0.05, 0.1) is 19.4 Å². The minimum absolute atomic E-state index is 0.0230. The molecule has 0 spiro atoms. The zero-order chi connectivity index (χ0) is 25.2. The fraction of sp³-hybridized carbons (Fsp3) is 0.448. The number of nitrogens with one attached hydrogen (secondary N) is 2. The first-order valence-corrected chi connectivity index (χ1v) is 13.0. The van der Waals surface area contributed by atoms with Crippen LogP contribution in [0.1, 0.15) is 46.8 Å². The third-order valence-electron chi connectivity index (χ3n) is 6.77. The highest BCUT2D eigenvalue weighted by molar-refractivity contribution is 5.94. The maximum absolute atomic E-state index is 12.5. The van der Waals surface area contributed by atoms with E-state index in [4.69, 9.17) is 4.74 Å². The Labute approximate surface area is 214 Å². The van der Waals surface area contributed by atoms with Crippen molar-refractivity contribution in [3.63, 3.8) is 0 Å². The zero-order valence-electron chi connectivity index (χ0n) is 21.6. The van der Waals surface area contributed by atoms with E-state index < -0.39 is 0 Å². The normalized spacial score (nSPS) is 16.4. The van der Waals surface area contributed by atoms with Crippen LogP contribution in [0.25, 0.3) is 11.1 Å². The maximum Gasteiger partial charge on any atom is 0.251 e. The molecule has 0 radical (unpaired) electrons. The highest BCUT2D eigenvalue weighted by Crippen LogP contribution is 2.33. The van der Waals surface area contributed by atoms with Crippen molar-refractivity contribution >= 4 is 5.91 Å². The number of ether oxygens (including phenoxy) is 1. The van der Waals surface area contributed by atoms with Gasteiger partial charge in [0.15, 0.2) is 0 Å². The first-order valence-electron chi connectivity index (χ1n) is 13.0. The Morgan fingerprint density at radius 3 is 2.75 bits per heavy atom. The van der Waals surface area contributed by atoms with Gasteiger partial charge in [0.2, 0.25) is 0 Å². The summed E-state index contributed by atoms with van der Waals surface area (Å²) in [5, 5.41) is 10.7. The standard InChI is InChI=1S/C29H39N5O2/c1-33(2)16-7-15-30-29(35)25-13-11-24(12-14-25)27-20-31-32-28(27)26-10-6-17-34(21-26)18-19-36-22-23-8-4-3-5-9-23/h3-5,8-9,11-14,20,26H,6-7,10,15-19,21-22H2,1-2H3,(H,30,35)(H,31,32). The van der Waals surface area contributed by atoms with Gasteiger partial charge in [0.25, 0.3) is 5.91 Å². The van der Waals surface area contributed by atoms with E-state index in [1.54, 1.807) is 0 Å². The van der Waals surface area contributed by atoms with Crippen molar-refractivity contribution in [2.75, 3.05) is 53.4 Å². The van der Waals surface area contributed by atoms with E-state index in [9.17, 15) is 4.79 Å². The molecule has 7 nitrogen and oxygen atoms in total. The molecular weight excluding hydrogens is 450 g/mol. The molecule has 0 saturated carbocycles. The summed E-state index contributed by atoms with van der Waals surface area (Å²) in [6.07, 6.45) is 5.15. The second-order valence-corrected chi connectivity index (χ2v) is 9.87. The van der Waals surface area contributed by atoms with Gasteiger partial charge in [-0.1, -0.05) is 42.5 Å². The molecular formula is C29H39N5O2. The highest BCUT2D eigenvalue weighted by Gasteiger charge is 2.25. The Bertz CT molecular complexity index is 1060. The summed E-state index contributed by atoms with van der Waals surface area (Å²) < 4.78 is 5.92. The maximum atomic E-state index is 12.5. The van der Waals surface area contributed by atoms with Crippen molar-refractivity contribution in [3.05, 3.63) is 77.6 Å². The number of likely N-dealkylation sites (tertiary alicyclic amines) is 1. The second kappa shape index (κ2) is 13.3. The number of nitrogens with zero attached hydrogens (tertiary/aromatic N) is 3. The van der Waals surface area contributed by atoms with E-state index in [-0.39, 0.29) is 5.91 Å². The van der Waals surface area contributed by atoms with E-state index in [0.29, 0.717) is 24.6 Å². The number of carbonyl (C=O) groups is 1. The molecule has 2 N–H and O–H groups in total. The molecule has 7 heteroatoms. The van der Waals surface area contributed by atoms with E-state index >= 15 is 0 Å². The molecule has 1 aromatic heterocycles. The molecule has 192 valence electrons. The third-order valence-corrected chi connectivity index (χ3v) is 6.77. The average Bonchev–Trinajstić information content (AvgIpc) is 3.40. The first-order chi connectivity index (χ1) is 17.6. The molecule has 0 aliphatic carbocycles. The average molecular weight is 490 g/mol. The fourth-order valence-electron chi connectivity index (χ4n) is 4.79. The summed E-state index contributed by atoms with van der Waals surface area (Å²) >= 11 is 0. The second-order valence-electron chi connectivity index (χ2n) is 9.87. The quantitative estimate of drug-likeness (QED) is 0.374. The number of piperidine rings is 1. The molecule has 1 aliphatic rings. The zero-order valence-corrected chi connectivity index (χ0v) is 21.6. The minimum Gasteiger partial charge on any atom is -0.375 e. The van der Waals surface area contributed by atoms with E-state index in [1.165, 1.54) is 11.3 Å². The smallest absolute Gasteiger partial charge is 0.251 e. The molecule has 1 aliphatic heterocycles. The lowest BCUT2D eigenvalue weighted by molar-refractivity contribution is 0.0827. The van der Waals surface area contributed by atoms with Crippen molar-refractivity contribution in [1.29, 1.82) is 0 Å². The van der Waals surface area contributed by atoms with Crippen LogP contribution in [0, 0.1) is 0 Å². The molecule has 1 amide bonds.